The van der Waals surface area contributed by atoms with Gasteiger partial charge in [-0.3, -0.25) is 9.88 Å². The highest BCUT2D eigenvalue weighted by Crippen LogP contribution is 2.23. The van der Waals surface area contributed by atoms with Gasteiger partial charge in [-0.05, 0) is 36.4 Å². The van der Waals surface area contributed by atoms with E-state index in [1.807, 2.05) is 40.9 Å². The van der Waals surface area contributed by atoms with Crippen LogP contribution in [0.1, 0.15) is 16.1 Å². The molecular formula is C20H23N3O4S. The molecule has 0 unspecified atom stereocenters. The van der Waals surface area contributed by atoms with E-state index in [2.05, 4.69) is 4.98 Å². The number of pyridine rings is 1. The minimum atomic E-state index is -0.437. The van der Waals surface area contributed by atoms with Crippen molar-refractivity contribution >= 4 is 29.4 Å². The first-order valence-electron chi connectivity index (χ1n) is 8.94. The summed E-state index contributed by atoms with van der Waals surface area (Å²) in [5.41, 5.74) is 1.83. The SMILES string of the molecule is COC(=O)c1ccc(CN(C(=O)N2CCSCC2)c2ccc(OC)cc2)nc1. The van der Waals surface area contributed by atoms with Crippen molar-refractivity contribution in [2.45, 2.75) is 6.54 Å². The normalized spacial score (nSPS) is 13.7. The number of ether oxygens (including phenoxy) is 2. The number of hydrogen-bond acceptors (Lipinski definition) is 6. The van der Waals surface area contributed by atoms with Crippen LogP contribution in [-0.2, 0) is 11.3 Å². The molecule has 1 aliphatic rings. The Bertz CT molecular complexity index is 805. The Morgan fingerprint density at radius 1 is 1.11 bits per heavy atom. The average Bonchev–Trinajstić information content (AvgIpc) is 2.77. The zero-order chi connectivity index (χ0) is 19.9. The molecule has 3 rings (SSSR count). The Balaban J connectivity index is 1.84. The van der Waals surface area contributed by atoms with Crippen LogP contribution in [0.4, 0.5) is 10.5 Å². The molecular weight excluding hydrogens is 378 g/mol. The van der Waals surface area contributed by atoms with E-state index in [1.165, 1.54) is 13.3 Å². The van der Waals surface area contributed by atoms with Gasteiger partial charge in [-0.2, -0.15) is 11.8 Å². The van der Waals surface area contributed by atoms with E-state index in [-0.39, 0.29) is 6.03 Å². The highest BCUT2D eigenvalue weighted by molar-refractivity contribution is 7.99. The summed E-state index contributed by atoms with van der Waals surface area (Å²) in [7, 11) is 2.94. The summed E-state index contributed by atoms with van der Waals surface area (Å²) in [6, 6.07) is 10.7. The minimum absolute atomic E-state index is 0.0516. The molecule has 1 aliphatic heterocycles. The molecule has 0 saturated carbocycles. The monoisotopic (exact) mass is 401 g/mol. The van der Waals surface area contributed by atoms with E-state index in [4.69, 9.17) is 9.47 Å². The standard InChI is InChI=1S/C20H23N3O4S/c1-26-18-7-5-17(6-8-18)23(20(25)22-9-11-28-12-10-22)14-16-4-3-15(13-21-16)19(24)27-2/h3-8,13H,9-12,14H2,1-2H3. The first-order chi connectivity index (χ1) is 13.6. The number of nitrogens with zero attached hydrogens (tertiary/aromatic N) is 3. The molecule has 28 heavy (non-hydrogen) atoms. The van der Waals surface area contributed by atoms with Crippen molar-refractivity contribution in [3.8, 4) is 5.75 Å². The van der Waals surface area contributed by atoms with Crippen molar-refractivity contribution in [3.63, 3.8) is 0 Å². The van der Waals surface area contributed by atoms with Gasteiger partial charge < -0.3 is 14.4 Å². The quantitative estimate of drug-likeness (QED) is 0.717. The number of hydrogen-bond donors (Lipinski definition) is 0. The zero-order valence-electron chi connectivity index (χ0n) is 16.0. The summed E-state index contributed by atoms with van der Waals surface area (Å²) < 4.78 is 9.92. The van der Waals surface area contributed by atoms with Crippen LogP contribution in [0.2, 0.25) is 0 Å². The summed E-state index contributed by atoms with van der Waals surface area (Å²) in [6.45, 7) is 1.76. The number of urea groups is 1. The number of carbonyl (C=O) groups excluding carboxylic acids is 2. The maximum Gasteiger partial charge on any atom is 0.339 e. The number of benzene rings is 1. The van der Waals surface area contributed by atoms with E-state index >= 15 is 0 Å². The van der Waals surface area contributed by atoms with Crippen molar-refractivity contribution < 1.29 is 19.1 Å². The predicted octanol–water partition coefficient (Wildman–Crippen LogP) is 3.05. The molecule has 0 atom stereocenters. The summed E-state index contributed by atoms with van der Waals surface area (Å²) in [5.74, 6) is 2.17. The summed E-state index contributed by atoms with van der Waals surface area (Å²) in [4.78, 5) is 32.7. The van der Waals surface area contributed by atoms with E-state index < -0.39 is 5.97 Å². The lowest BCUT2D eigenvalue weighted by Crippen LogP contribution is -2.46. The second-order valence-corrected chi connectivity index (χ2v) is 7.42. The van der Waals surface area contributed by atoms with Gasteiger partial charge in [-0.15, -0.1) is 0 Å². The number of aromatic nitrogens is 1. The van der Waals surface area contributed by atoms with Gasteiger partial charge >= 0.3 is 12.0 Å². The summed E-state index contributed by atoms with van der Waals surface area (Å²) >= 11 is 1.85. The van der Waals surface area contributed by atoms with Crippen molar-refractivity contribution in [3.05, 3.63) is 53.9 Å². The number of thioether (sulfide) groups is 1. The Morgan fingerprint density at radius 2 is 1.82 bits per heavy atom. The first-order valence-corrected chi connectivity index (χ1v) is 10.1. The Morgan fingerprint density at radius 3 is 2.39 bits per heavy atom. The number of esters is 1. The number of rotatable bonds is 5. The third-order valence-electron chi connectivity index (χ3n) is 4.46. The predicted molar refractivity (Wildman–Crippen MR) is 109 cm³/mol. The number of carbonyl (C=O) groups is 2. The van der Waals surface area contributed by atoms with Crippen LogP contribution in [0.5, 0.6) is 5.75 Å². The van der Waals surface area contributed by atoms with Crippen LogP contribution in [-0.4, -0.2) is 60.7 Å². The molecule has 0 bridgehead atoms. The summed E-state index contributed by atoms with van der Waals surface area (Å²) in [5, 5.41) is 0. The van der Waals surface area contributed by atoms with Gasteiger partial charge in [0, 0.05) is 36.5 Å². The van der Waals surface area contributed by atoms with Crippen molar-refractivity contribution in [1.82, 2.24) is 9.88 Å². The van der Waals surface area contributed by atoms with E-state index in [1.54, 1.807) is 24.1 Å². The third-order valence-corrected chi connectivity index (χ3v) is 5.41. The van der Waals surface area contributed by atoms with Gasteiger partial charge in [-0.25, -0.2) is 9.59 Å². The van der Waals surface area contributed by atoms with Crippen molar-refractivity contribution in [2.75, 3.05) is 43.7 Å². The van der Waals surface area contributed by atoms with Gasteiger partial charge in [0.25, 0.3) is 0 Å². The molecule has 0 spiro atoms. The maximum atomic E-state index is 13.2. The minimum Gasteiger partial charge on any atom is -0.497 e. The first kappa shape index (κ1) is 20.0. The third kappa shape index (κ3) is 4.75. The molecule has 2 aromatic rings. The van der Waals surface area contributed by atoms with E-state index in [0.717, 1.165) is 36.0 Å². The molecule has 1 aromatic heterocycles. The fraction of sp³-hybridized carbons (Fsp3) is 0.350. The Hall–Kier alpha value is -2.74. The maximum absolute atomic E-state index is 13.2. The van der Waals surface area contributed by atoms with Crippen LogP contribution >= 0.6 is 11.8 Å². The zero-order valence-corrected chi connectivity index (χ0v) is 16.8. The van der Waals surface area contributed by atoms with Crippen LogP contribution in [0, 0.1) is 0 Å². The van der Waals surface area contributed by atoms with Gasteiger partial charge in [0.05, 0.1) is 32.0 Å². The fourth-order valence-electron chi connectivity index (χ4n) is 2.88. The molecule has 0 aliphatic carbocycles. The van der Waals surface area contributed by atoms with Gasteiger partial charge in [-0.1, -0.05) is 0 Å². The molecule has 2 amide bonds. The van der Waals surface area contributed by atoms with Crippen LogP contribution in [0.15, 0.2) is 42.6 Å². The molecule has 8 heteroatoms. The molecule has 0 N–H and O–H groups in total. The molecule has 0 radical (unpaired) electrons. The van der Waals surface area contributed by atoms with Crippen LogP contribution in [0.25, 0.3) is 0 Å². The van der Waals surface area contributed by atoms with Gasteiger partial charge in [0.2, 0.25) is 0 Å². The topological polar surface area (TPSA) is 72.0 Å². The van der Waals surface area contributed by atoms with Crippen LogP contribution < -0.4 is 9.64 Å². The smallest absolute Gasteiger partial charge is 0.339 e. The van der Waals surface area contributed by atoms with E-state index in [0.29, 0.717) is 17.8 Å². The molecule has 1 saturated heterocycles. The van der Waals surface area contributed by atoms with Gasteiger partial charge in [0.1, 0.15) is 5.75 Å². The van der Waals surface area contributed by atoms with Crippen molar-refractivity contribution in [1.29, 1.82) is 0 Å². The molecule has 7 nitrogen and oxygen atoms in total. The number of anilines is 1. The Kier molecular flexibility index (Phi) is 6.76. The molecule has 1 fully saturated rings. The lowest BCUT2D eigenvalue weighted by molar-refractivity contribution is 0.0600. The van der Waals surface area contributed by atoms with Crippen molar-refractivity contribution in [2.24, 2.45) is 0 Å². The highest BCUT2D eigenvalue weighted by Gasteiger charge is 2.24. The number of methoxy groups -OCH3 is 2. The molecule has 2 heterocycles. The average molecular weight is 401 g/mol. The lowest BCUT2D eigenvalue weighted by atomic mass is 10.2. The second kappa shape index (κ2) is 9.45. The van der Waals surface area contributed by atoms with Crippen LogP contribution in [0.3, 0.4) is 0 Å². The van der Waals surface area contributed by atoms with Gasteiger partial charge in [0.15, 0.2) is 0 Å². The second-order valence-electron chi connectivity index (χ2n) is 6.20. The number of amides is 2. The largest absolute Gasteiger partial charge is 0.497 e. The lowest BCUT2D eigenvalue weighted by Gasteiger charge is -2.32. The molecule has 148 valence electrons. The van der Waals surface area contributed by atoms with E-state index in [9.17, 15) is 9.59 Å². The highest BCUT2D eigenvalue weighted by atomic mass is 32.2. The molecule has 1 aromatic carbocycles. The summed E-state index contributed by atoms with van der Waals surface area (Å²) in [6.07, 6.45) is 1.47. The fourth-order valence-corrected chi connectivity index (χ4v) is 3.78. The Labute approximate surface area is 168 Å².